The quantitative estimate of drug-likeness (QED) is 0.565. The van der Waals surface area contributed by atoms with Crippen molar-refractivity contribution in [1.82, 2.24) is 14.8 Å². The monoisotopic (exact) mass is 248 g/mol. The van der Waals surface area contributed by atoms with Gasteiger partial charge >= 0.3 is 0 Å². The first-order valence-corrected chi connectivity index (χ1v) is 5.71. The van der Waals surface area contributed by atoms with E-state index in [0.717, 1.165) is 0 Å². The molecule has 0 saturated carbocycles. The molecule has 18 heavy (non-hydrogen) atoms. The molecule has 2 rings (SSSR count). The van der Waals surface area contributed by atoms with Crippen molar-refractivity contribution in [1.29, 1.82) is 5.26 Å². The summed E-state index contributed by atoms with van der Waals surface area (Å²) in [5.41, 5.74) is 0.00577. The lowest BCUT2D eigenvalue weighted by molar-refractivity contribution is 0.0646. The van der Waals surface area contributed by atoms with E-state index in [1.165, 1.54) is 12.3 Å². The minimum Gasteiger partial charge on any atom is -0.336 e. The number of aromatic nitrogens is 1. The zero-order valence-corrected chi connectivity index (χ0v) is 9.84. The van der Waals surface area contributed by atoms with Gasteiger partial charge in [-0.2, -0.15) is 9.65 Å². The molecule has 0 spiro atoms. The molecule has 1 aromatic heterocycles. The van der Waals surface area contributed by atoms with Gasteiger partial charge in [-0.15, -0.1) is 0 Å². The molecule has 1 aliphatic rings. The van der Waals surface area contributed by atoms with Crippen LogP contribution in [-0.4, -0.2) is 53.4 Å². The number of hydrogen-bond donors (Lipinski definition) is 0. The highest BCUT2D eigenvalue weighted by Gasteiger charge is 2.23. The molecule has 0 N–H and O–H groups in total. The summed E-state index contributed by atoms with van der Waals surface area (Å²) in [5.74, 6) is -1.07. The molecule has 0 aromatic carbocycles. The molecule has 6 heteroatoms. The summed E-state index contributed by atoms with van der Waals surface area (Å²) in [4.78, 5) is 19.1. The number of nitrogens with zero attached hydrogens (tertiary/aromatic N) is 4. The van der Waals surface area contributed by atoms with Gasteiger partial charge < -0.3 is 4.90 Å². The molecule has 1 fully saturated rings. The Bertz CT molecular complexity index is 477. The highest BCUT2D eigenvalue weighted by Crippen LogP contribution is 2.10. The predicted molar refractivity (Wildman–Crippen MR) is 62.2 cm³/mol. The second-order valence-electron chi connectivity index (χ2n) is 4.07. The third-order valence-corrected chi connectivity index (χ3v) is 2.94. The van der Waals surface area contributed by atoms with E-state index in [1.807, 2.05) is 4.90 Å². The molecule has 0 bridgehead atoms. The lowest BCUT2D eigenvalue weighted by Gasteiger charge is -2.33. The van der Waals surface area contributed by atoms with Crippen LogP contribution in [0.2, 0.25) is 0 Å². The molecule has 1 aliphatic heterocycles. The summed E-state index contributed by atoms with van der Waals surface area (Å²) < 4.78 is 13.4. The maximum absolute atomic E-state index is 13.4. The summed E-state index contributed by atoms with van der Waals surface area (Å²) in [6.07, 6.45) is 1.32. The van der Waals surface area contributed by atoms with Gasteiger partial charge in [0.25, 0.3) is 5.91 Å². The van der Waals surface area contributed by atoms with E-state index in [1.54, 1.807) is 11.0 Å². The van der Waals surface area contributed by atoms with Crippen LogP contribution in [0.15, 0.2) is 18.3 Å². The molecule has 5 nitrogen and oxygen atoms in total. The number of carbonyl (C=O) groups is 1. The molecule has 0 atom stereocenters. The maximum Gasteiger partial charge on any atom is 0.258 e. The second kappa shape index (κ2) is 5.56. The number of hydrogen-bond acceptors (Lipinski definition) is 4. The van der Waals surface area contributed by atoms with Crippen LogP contribution in [0.1, 0.15) is 10.4 Å². The molecule has 0 radical (unpaired) electrons. The van der Waals surface area contributed by atoms with Crippen molar-refractivity contribution in [2.24, 2.45) is 0 Å². The van der Waals surface area contributed by atoms with Gasteiger partial charge in [-0.1, -0.05) is 0 Å². The van der Waals surface area contributed by atoms with Gasteiger partial charge in [-0.3, -0.25) is 9.69 Å². The van der Waals surface area contributed by atoms with Crippen molar-refractivity contribution >= 4 is 5.91 Å². The van der Waals surface area contributed by atoms with Crippen molar-refractivity contribution < 1.29 is 9.18 Å². The highest BCUT2D eigenvalue weighted by molar-refractivity contribution is 5.94. The first kappa shape index (κ1) is 12.5. The van der Waals surface area contributed by atoms with Crippen LogP contribution in [0.3, 0.4) is 0 Å². The molecule has 0 unspecified atom stereocenters. The van der Waals surface area contributed by atoms with Crippen LogP contribution in [0.4, 0.5) is 4.39 Å². The Kier molecular flexibility index (Phi) is 3.85. The van der Waals surface area contributed by atoms with Crippen LogP contribution in [-0.2, 0) is 0 Å². The van der Waals surface area contributed by atoms with Crippen molar-refractivity contribution in [2.75, 3.05) is 32.7 Å². The van der Waals surface area contributed by atoms with Crippen LogP contribution in [0.5, 0.6) is 0 Å². The van der Waals surface area contributed by atoms with Crippen LogP contribution >= 0.6 is 0 Å². The van der Waals surface area contributed by atoms with Crippen molar-refractivity contribution in [2.45, 2.75) is 0 Å². The Morgan fingerprint density at radius 1 is 1.44 bits per heavy atom. The zero-order chi connectivity index (χ0) is 13.0. The van der Waals surface area contributed by atoms with Crippen LogP contribution in [0.25, 0.3) is 0 Å². The summed E-state index contributed by atoms with van der Waals surface area (Å²) in [6.45, 7) is 2.66. The molecule has 1 saturated heterocycles. The molecule has 2 heterocycles. The molecular weight excluding hydrogens is 235 g/mol. The summed E-state index contributed by atoms with van der Waals surface area (Å²) in [7, 11) is 0. The molecule has 1 amide bonds. The van der Waals surface area contributed by atoms with E-state index in [4.69, 9.17) is 5.26 Å². The summed E-state index contributed by atoms with van der Waals surface area (Å²) in [6, 6.07) is 5.06. The summed E-state index contributed by atoms with van der Waals surface area (Å²) >= 11 is 0. The molecular formula is C12H13FN4O. The number of halogens is 1. The average Bonchev–Trinajstić information content (AvgIpc) is 2.40. The van der Waals surface area contributed by atoms with E-state index < -0.39 is 5.95 Å². The topological polar surface area (TPSA) is 60.2 Å². The number of rotatable bonds is 2. The van der Waals surface area contributed by atoms with Crippen LogP contribution < -0.4 is 0 Å². The van der Waals surface area contributed by atoms with E-state index >= 15 is 0 Å². The fourth-order valence-corrected chi connectivity index (χ4v) is 1.92. The van der Waals surface area contributed by atoms with E-state index in [0.29, 0.717) is 32.7 Å². The van der Waals surface area contributed by atoms with Gasteiger partial charge in [0.1, 0.15) is 0 Å². The first-order valence-electron chi connectivity index (χ1n) is 5.71. The van der Waals surface area contributed by atoms with Gasteiger partial charge in [-0.05, 0) is 12.1 Å². The Morgan fingerprint density at radius 3 is 2.78 bits per heavy atom. The predicted octanol–water partition coefficient (Wildman–Crippen LogP) is 0.502. The largest absolute Gasteiger partial charge is 0.336 e. The third-order valence-electron chi connectivity index (χ3n) is 2.94. The Hall–Kier alpha value is -2.00. The molecule has 0 aliphatic carbocycles. The lowest BCUT2D eigenvalue weighted by atomic mass is 10.2. The number of amides is 1. The minimum absolute atomic E-state index is 0.00577. The van der Waals surface area contributed by atoms with Crippen molar-refractivity contribution in [3.05, 3.63) is 29.8 Å². The van der Waals surface area contributed by atoms with Gasteiger partial charge in [0.05, 0.1) is 18.2 Å². The molecule has 94 valence electrons. The van der Waals surface area contributed by atoms with E-state index in [2.05, 4.69) is 11.1 Å². The standard InChI is InChI=1S/C12H13FN4O/c13-11-10(2-1-4-15-11)12(18)17-8-6-16(5-3-14)7-9-17/h1-2,4H,5-9H2. The van der Waals surface area contributed by atoms with E-state index in [9.17, 15) is 9.18 Å². The van der Waals surface area contributed by atoms with Crippen molar-refractivity contribution in [3.8, 4) is 6.07 Å². The lowest BCUT2D eigenvalue weighted by Crippen LogP contribution is -2.48. The van der Waals surface area contributed by atoms with E-state index in [-0.39, 0.29) is 11.5 Å². The summed E-state index contributed by atoms with van der Waals surface area (Å²) in [5, 5.41) is 8.58. The van der Waals surface area contributed by atoms with Crippen molar-refractivity contribution in [3.63, 3.8) is 0 Å². The van der Waals surface area contributed by atoms with Gasteiger partial charge in [0.15, 0.2) is 0 Å². The molecule has 1 aromatic rings. The second-order valence-corrected chi connectivity index (χ2v) is 4.07. The first-order chi connectivity index (χ1) is 8.72. The number of pyridine rings is 1. The highest BCUT2D eigenvalue weighted by atomic mass is 19.1. The Balaban J connectivity index is 2.00. The smallest absolute Gasteiger partial charge is 0.258 e. The van der Waals surface area contributed by atoms with Gasteiger partial charge in [0, 0.05) is 32.4 Å². The van der Waals surface area contributed by atoms with Crippen LogP contribution in [0, 0.1) is 17.3 Å². The number of piperazine rings is 1. The zero-order valence-electron chi connectivity index (χ0n) is 9.84. The maximum atomic E-state index is 13.4. The Labute approximate surface area is 104 Å². The van der Waals surface area contributed by atoms with Gasteiger partial charge in [0.2, 0.25) is 5.95 Å². The average molecular weight is 248 g/mol. The number of carbonyl (C=O) groups excluding carboxylic acids is 1. The number of nitriles is 1. The fraction of sp³-hybridized carbons (Fsp3) is 0.417. The van der Waals surface area contributed by atoms with Gasteiger partial charge in [-0.25, -0.2) is 4.98 Å². The SMILES string of the molecule is N#CCN1CCN(C(=O)c2cccnc2F)CC1. The third kappa shape index (κ3) is 2.63. The minimum atomic E-state index is -0.734. The fourth-order valence-electron chi connectivity index (χ4n) is 1.92. The normalized spacial score (nSPS) is 16.3. The Morgan fingerprint density at radius 2 is 2.17 bits per heavy atom.